The van der Waals surface area contributed by atoms with Crippen LogP contribution in [0.1, 0.15) is 55.4 Å². The highest BCUT2D eigenvalue weighted by Crippen LogP contribution is 2.46. The molecule has 0 unspecified atom stereocenters. The molecule has 2 saturated carbocycles. The summed E-state index contributed by atoms with van der Waals surface area (Å²) in [5.74, 6) is 1.03. The number of rotatable bonds is 11. The summed E-state index contributed by atoms with van der Waals surface area (Å²) in [5, 5.41) is 12.6. The molecule has 2 amide bonds. The quantitative estimate of drug-likeness (QED) is 0.344. The molecule has 10 nitrogen and oxygen atoms in total. The first kappa shape index (κ1) is 26.1. The van der Waals surface area contributed by atoms with Gasteiger partial charge in [-0.1, -0.05) is 6.42 Å². The summed E-state index contributed by atoms with van der Waals surface area (Å²) < 4.78 is 31.8. The molecule has 0 aromatic carbocycles. The standard InChI is InChI=1S/C26H31F2N7O3S/c27-24(28)38-15-25(4-1-5-25)14-29-20-12-19(32-21(33-20)18-13-31-35-10-11-39-23(18)35)22(37)34-8-2-17(3-9-34)26(6-7-26)30-16-36/h10-13,16-17,24H,1-9,14-15H2,(H,30,36)(H,29,32,33). The lowest BCUT2D eigenvalue weighted by molar-refractivity contribution is -0.160. The van der Waals surface area contributed by atoms with Gasteiger partial charge in [-0.2, -0.15) is 13.9 Å². The Kier molecular flexibility index (Phi) is 6.96. The summed E-state index contributed by atoms with van der Waals surface area (Å²) in [6.07, 6.45) is 10.5. The Hall–Kier alpha value is -3.19. The fourth-order valence-electron chi connectivity index (χ4n) is 5.93. The van der Waals surface area contributed by atoms with E-state index in [-0.39, 0.29) is 29.2 Å². The molecule has 6 rings (SSSR count). The Balaban J connectivity index is 1.23. The Labute approximate surface area is 228 Å². The third kappa shape index (κ3) is 5.21. The van der Waals surface area contributed by atoms with Crippen LogP contribution in [-0.4, -0.2) is 75.2 Å². The minimum atomic E-state index is -2.80. The second-order valence-corrected chi connectivity index (χ2v) is 11.8. The lowest BCUT2D eigenvalue weighted by Crippen LogP contribution is -2.46. The first-order chi connectivity index (χ1) is 18.9. The third-order valence-corrected chi connectivity index (χ3v) is 9.48. The molecule has 2 aliphatic carbocycles. The van der Waals surface area contributed by atoms with Crippen LogP contribution in [0.5, 0.6) is 0 Å². The molecule has 2 N–H and O–H groups in total. The fraction of sp³-hybridized carbons (Fsp3) is 0.577. The number of nitrogens with one attached hydrogen (secondary N) is 2. The molecule has 0 radical (unpaired) electrons. The average molecular weight is 560 g/mol. The molecule has 3 aromatic rings. The number of anilines is 1. The van der Waals surface area contributed by atoms with Crippen molar-refractivity contribution in [2.75, 3.05) is 31.6 Å². The van der Waals surface area contributed by atoms with Crippen molar-refractivity contribution in [2.24, 2.45) is 11.3 Å². The SMILES string of the molecule is O=CNC1(C2CCN(C(=O)c3cc(NCC4(COC(F)F)CCC4)nc(-c4cnn5ccsc45)n3)CC2)CC1. The zero-order valence-electron chi connectivity index (χ0n) is 21.4. The molecule has 208 valence electrons. The van der Waals surface area contributed by atoms with Crippen LogP contribution in [0.25, 0.3) is 16.2 Å². The summed E-state index contributed by atoms with van der Waals surface area (Å²) in [5.41, 5.74) is 0.503. The monoisotopic (exact) mass is 559 g/mol. The van der Waals surface area contributed by atoms with Crippen LogP contribution in [0.15, 0.2) is 23.8 Å². The van der Waals surface area contributed by atoms with Gasteiger partial charge in [0.15, 0.2) is 5.82 Å². The highest BCUT2D eigenvalue weighted by Gasteiger charge is 2.50. The van der Waals surface area contributed by atoms with Crippen molar-refractivity contribution in [3.05, 3.63) is 29.5 Å². The molecular formula is C26H31F2N7O3S. The topological polar surface area (TPSA) is 114 Å². The van der Waals surface area contributed by atoms with E-state index >= 15 is 0 Å². The Morgan fingerprint density at radius 1 is 1.23 bits per heavy atom. The van der Waals surface area contributed by atoms with Gasteiger partial charge in [0.05, 0.1) is 18.4 Å². The van der Waals surface area contributed by atoms with E-state index in [1.165, 1.54) is 11.3 Å². The van der Waals surface area contributed by atoms with Gasteiger partial charge in [-0.05, 0) is 44.4 Å². The number of thiazole rings is 1. The summed E-state index contributed by atoms with van der Waals surface area (Å²) >= 11 is 1.50. The number of ether oxygens (including phenoxy) is 1. The van der Waals surface area contributed by atoms with Crippen LogP contribution in [-0.2, 0) is 9.53 Å². The first-order valence-corrected chi connectivity index (χ1v) is 14.2. The number of alkyl halides is 2. The number of carbonyl (C=O) groups excluding carboxylic acids is 2. The van der Waals surface area contributed by atoms with E-state index in [9.17, 15) is 18.4 Å². The Morgan fingerprint density at radius 3 is 2.69 bits per heavy atom. The van der Waals surface area contributed by atoms with E-state index < -0.39 is 6.61 Å². The number of hydrogen-bond acceptors (Lipinski definition) is 8. The molecule has 13 heteroatoms. The Bertz CT molecular complexity index is 1350. The molecule has 0 bridgehead atoms. The predicted octanol–water partition coefficient (Wildman–Crippen LogP) is 3.81. The van der Waals surface area contributed by atoms with Crippen molar-refractivity contribution in [2.45, 2.75) is 57.1 Å². The van der Waals surface area contributed by atoms with Gasteiger partial charge in [0, 0.05) is 48.2 Å². The second kappa shape index (κ2) is 10.4. The number of halogens is 2. The third-order valence-electron chi connectivity index (χ3n) is 8.59. The van der Waals surface area contributed by atoms with Crippen LogP contribution < -0.4 is 10.6 Å². The summed E-state index contributed by atoms with van der Waals surface area (Å²) in [6.45, 7) is -1.25. The molecule has 3 aromatic heterocycles. The van der Waals surface area contributed by atoms with Crippen molar-refractivity contribution in [1.29, 1.82) is 0 Å². The fourth-order valence-corrected chi connectivity index (χ4v) is 6.73. The van der Waals surface area contributed by atoms with Crippen molar-refractivity contribution in [1.82, 2.24) is 29.8 Å². The number of carbonyl (C=O) groups is 2. The van der Waals surface area contributed by atoms with Crippen LogP contribution in [0.4, 0.5) is 14.6 Å². The summed E-state index contributed by atoms with van der Waals surface area (Å²) in [4.78, 5) is 36.7. The smallest absolute Gasteiger partial charge is 0.345 e. The highest BCUT2D eigenvalue weighted by molar-refractivity contribution is 7.16. The highest BCUT2D eigenvalue weighted by atomic mass is 32.1. The van der Waals surface area contributed by atoms with Crippen LogP contribution in [0, 0.1) is 11.3 Å². The summed E-state index contributed by atoms with van der Waals surface area (Å²) in [6, 6.07) is 1.64. The maximum absolute atomic E-state index is 13.6. The normalized spacial score (nSPS) is 20.1. The van der Waals surface area contributed by atoms with E-state index in [1.54, 1.807) is 16.8 Å². The van der Waals surface area contributed by atoms with Gasteiger partial charge in [-0.15, -0.1) is 11.3 Å². The van der Waals surface area contributed by atoms with E-state index in [0.717, 1.165) is 61.7 Å². The average Bonchev–Trinajstić information content (AvgIpc) is 3.36. The van der Waals surface area contributed by atoms with E-state index in [2.05, 4.69) is 25.5 Å². The van der Waals surface area contributed by atoms with Gasteiger partial charge in [0.25, 0.3) is 5.91 Å². The van der Waals surface area contributed by atoms with Crippen molar-refractivity contribution in [3.63, 3.8) is 0 Å². The van der Waals surface area contributed by atoms with Crippen molar-refractivity contribution in [3.8, 4) is 11.4 Å². The number of hydrogen-bond donors (Lipinski definition) is 2. The van der Waals surface area contributed by atoms with Gasteiger partial charge >= 0.3 is 6.61 Å². The molecule has 1 saturated heterocycles. The number of nitrogens with zero attached hydrogens (tertiary/aromatic N) is 5. The van der Waals surface area contributed by atoms with Gasteiger partial charge < -0.3 is 20.3 Å². The number of amides is 2. The lowest BCUT2D eigenvalue weighted by Gasteiger charge is -2.41. The van der Waals surface area contributed by atoms with E-state index in [4.69, 9.17) is 4.98 Å². The van der Waals surface area contributed by atoms with E-state index in [0.29, 0.717) is 37.2 Å². The van der Waals surface area contributed by atoms with Gasteiger partial charge in [0.1, 0.15) is 16.3 Å². The van der Waals surface area contributed by atoms with Crippen molar-refractivity contribution >= 4 is 34.3 Å². The molecule has 3 fully saturated rings. The molecule has 0 spiro atoms. The minimum Gasteiger partial charge on any atom is -0.369 e. The zero-order valence-corrected chi connectivity index (χ0v) is 22.3. The zero-order chi connectivity index (χ0) is 27.0. The van der Waals surface area contributed by atoms with Crippen LogP contribution >= 0.6 is 11.3 Å². The van der Waals surface area contributed by atoms with Gasteiger partial charge in [0.2, 0.25) is 6.41 Å². The maximum atomic E-state index is 13.6. The van der Waals surface area contributed by atoms with Crippen LogP contribution in [0.3, 0.4) is 0 Å². The predicted molar refractivity (Wildman–Crippen MR) is 141 cm³/mol. The minimum absolute atomic E-state index is 0.0317. The number of fused-ring (bicyclic) bond motifs is 1. The number of aromatic nitrogens is 4. The number of likely N-dealkylation sites (tertiary alicyclic amines) is 1. The molecule has 4 heterocycles. The second-order valence-electron chi connectivity index (χ2n) is 10.9. The largest absolute Gasteiger partial charge is 0.369 e. The van der Waals surface area contributed by atoms with Crippen molar-refractivity contribution < 1.29 is 23.1 Å². The van der Waals surface area contributed by atoms with Gasteiger partial charge in [-0.3, -0.25) is 9.59 Å². The maximum Gasteiger partial charge on any atom is 0.345 e. The molecule has 0 atom stereocenters. The van der Waals surface area contributed by atoms with E-state index in [1.807, 2.05) is 16.5 Å². The lowest BCUT2D eigenvalue weighted by atomic mass is 9.69. The first-order valence-electron chi connectivity index (χ1n) is 13.3. The molecular weight excluding hydrogens is 528 g/mol. The molecule has 1 aliphatic heterocycles. The molecule has 3 aliphatic rings. The Morgan fingerprint density at radius 2 is 2.03 bits per heavy atom. The van der Waals surface area contributed by atoms with Gasteiger partial charge in [-0.25, -0.2) is 14.5 Å². The molecule has 39 heavy (non-hydrogen) atoms. The summed E-state index contributed by atoms with van der Waals surface area (Å²) in [7, 11) is 0. The van der Waals surface area contributed by atoms with Crippen LogP contribution in [0.2, 0.25) is 0 Å². The number of piperidine rings is 1.